The van der Waals surface area contributed by atoms with Crippen molar-refractivity contribution in [1.82, 2.24) is 5.06 Å². The van der Waals surface area contributed by atoms with Gasteiger partial charge in [0.25, 0.3) is 0 Å². The number of rotatable bonds is 8. The average molecular weight is 305 g/mol. The van der Waals surface area contributed by atoms with Crippen molar-refractivity contribution in [2.24, 2.45) is 11.3 Å². The summed E-state index contributed by atoms with van der Waals surface area (Å²) in [7, 11) is 0. The second-order valence-electron chi connectivity index (χ2n) is 6.14. The van der Waals surface area contributed by atoms with Gasteiger partial charge in [-0.1, -0.05) is 43.2 Å². The lowest BCUT2D eigenvalue weighted by atomic mass is 9.76. The van der Waals surface area contributed by atoms with Crippen molar-refractivity contribution in [2.45, 2.75) is 39.2 Å². The second kappa shape index (κ2) is 7.40. The van der Waals surface area contributed by atoms with Gasteiger partial charge in [0.15, 0.2) is 0 Å². The molecule has 0 aliphatic heterocycles. The molecule has 1 amide bonds. The molecule has 1 aliphatic carbocycles. The van der Waals surface area contributed by atoms with Crippen LogP contribution < -0.4 is 0 Å². The number of aliphatic carboxylic acids is 1. The average Bonchev–Trinajstić information content (AvgIpc) is 3.07. The summed E-state index contributed by atoms with van der Waals surface area (Å²) in [6, 6.07) is 9.49. The summed E-state index contributed by atoms with van der Waals surface area (Å²) in [4.78, 5) is 28.5. The molecule has 1 aromatic carbocycles. The third-order valence-electron chi connectivity index (χ3n) is 4.59. The van der Waals surface area contributed by atoms with E-state index in [-0.39, 0.29) is 19.1 Å². The van der Waals surface area contributed by atoms with Crippen molar-refractivity contribution in [3.8, 4) is 0 Å². The van der Waals surface area contributed by atoms with E-state index in [4.69, 9.17) is 4.84 Å². The third-order valence-corrected chi connectivity index (χ3v) is 4.59. The van der Waals surface area contributed by atoms with Crippen molar-refractivity contribution < 1.29 is 19.5 Å². The maximum absolute atomic E-state index is 11.7. The highest BCUT2D eigenvalue weighted by atomic mass is 16.7. The fourth-order valence-electron chi connectivity index (χ4n) is 3.10. The van der Waals surface area contributed by atoms with Crippen LogP contribution in [0.3, 0.4) is 0 Å². The molecule has 0 aromatic heterocycles. The van der Waals surface area contributed by atoms with Crippen LogP contribution in [0.4, 0.5) is 0 Å². The number of nitrogens with zero attached hydrogens (tertiary/aromatic N) is 1. The van der Waals surface area contributed by atoms with Gasteiger partial charge in [0.2, 0.25) is 6.41 Å². The Kier molecular flexibility index (Phi) is 5.55. The minimum atomic E-state index is -0.964. The van der Waals surface area contributed by atoms with Gasteiger partial charge in [-0.05, 0) is 31.2 Å². The molecule has 2 rings (SSSR count). The summed E-state index contributed by atoms with van der Waals surface area (Å²) in [6.45, 7) is 2.04. The molecule has 0 radical (unpaired) electrons. The quantitative estimate of drug-likeness (QED) is 0.592. The van der Waals surface area contributed by atoms with Crippen LogP contribution in [0.1, 0.15) is 38.2 Å². The largest absolute Gasteiger partial charge is 0.481 e. The Balaban J connectivity index is 2.00. The van der Waals surface area contributed by atoms with Gasteiger partial charge in [0.05, 0.1) is 12.0 Å². The van der Waals surface area contributed by atoms with E-state index < -0.39 is 11.4 Å². The first-order valence-electron chi connectivity index (χ1n) is 7.68. The van der Waals surface area contributed by atoms with Crippen LogP contribution in [0.2, 0.25) is 0 Å². The van der Waals surface area contributed by atoms with Crippen LogP contribution in [-0.2, 0) is 21.0 Å². The summed E-state index contributed by atoms with van der Waals surface area (Å²) in [5, 5.41) is 10.7. The SMILES string of the molecule is C[C@@](CN(C=O)OCc1ccccc1)(C(=O)O)C1CCCC1. The second-order valence-corrected chi connectivity index (χ2v) is 6.14. The predicted octanol–water partition coefficient (Wildman–Crippen LogP) is 2.86. The Morgan fingerprint density at radius 1 is 1.36 bits per heavy atom. The number of hydrogen-bond donors (Lipinski definition) is 1. The van der Waals surface area contributed by atoms with E-state index in [1.54, 1.807) is 6.92 Å². The number of carboxylic acid groups (broad SMARTS) is 1. The molecule has 0 saturated heterocycles. The van der Waals surface area contributed by atoms with Crippen LogP contribution in [0, 0.1) is 11.3 Å². The molecule has 120 valence electrons. The summed E-state index contributed by atoms with van der Waals surface area (Å²) >= 11 is 0. The monoisotopic (exact) mass is 305 g/mol. The molecular weight excluding hydrogens is 282 g/mol. The zero-order valence-corrected chi connectivity index (χ0v) is 12.9. The topological polar surface area (TPSA) is 66.8 Å². The zero-order valence-electron chi connectivity index (χ0n) is 12.9. The van der Waals surface area contributed by atoms with Crippen molar-refractivity contribution in [2.75, 3.05) is 6.54 Å². The van der Waals surface area contributed by atoms with Crippen LogP contribution >= 0.6 is 0 Å². The highest BCUT2D eigenvalue weighted by Gasteiger charge is 2.44. The summed E-state index contributed by atoms with van der Waals surface area (Å²) in [5.74, 6) is -0.776. The zero-order chi connectivity index (χ0) is 16.0. The first kappa shape index (κ1) is 16.5. The fraction of sp³-hybridized carbons (Fsp3) is 0.529. The summed E-state index contributed by atoms with van der Waals surface area (Å²) < 4.78 is 0. The van der Waals surface area contributed by atoms with Crippen molar-refractivity contribution in [3.63, 3.8) is 0 Å². The fourth-order valence-corrected chi connectivity index (χ4v) is 3.10. The van der Waals surface area contributed by atoms with Crippen LogP contribution in [-0.4, -0.2) is 29.1 Å². The highest BCUT2D eigenvalue weighted by molar-refractivity contribution is 5.75. The minimum Gasteiger partial charge on any atom is -0.481 e. The number of carbonyl (C=O) groups excluding carboxylic acids is 1. The lowest BCUT2D eigenvalue weighted by molar-refractivity contribution is -0.194. The Bertz CT molecular complexity index is 499. The molecule has 1 fully saturated rings. The van der Waals surface area contributed by atoms with E-state index in [9.17, 15) is 14.7 Å². The molecule has 5 nitrogen and oxygen atoms in total. The standard InChI is InChI=1S/C17H23NO4/c1-17(16(20)21,15-9-5-6-10-15)12-18(13-19)22-11-14-7-3-2-4-8-14/h2-4,7-8,13,15H,5-6,9-12H2,1H3,(H,20,21)/t17-/m0/s1. The number of carboxylic acids is 1. The van der Waals surface area contributed by atoms with Gasteiger partial charge in [0.1, 0.15) is 6.61 Å². The van der Waals surface area contributed by atoms with Crippen molar-refractivity contribution in [1.29, 1.82) is 0 Å². The Morgan fingerprint density at radius 2 is 2.00 bits per heavy atom. The van der Waals surface area contributed by atoms with Gasteiger partial charge >= 0.3 is 5.97 Å². The number of carbonyl (C=O) groups is 2. The maximum atomic E-state index is 11.7. The molecule has 22 heavy (non-hydrogen) atoms. The van der Waals surface area contributed by atoms with E-state index in [1.165, 1.54) is 0 Å². The van der Waals surface area contributed by atoms with Crippen LogP contribution in [0.5, 0.6) is 0 Å². The predicted molar refractivity (Wildman–Crippen MR) is 81.7 cm³/mol. The normalized spacial score (nSPS) is 17.9. The van der Waals surface area contributed by atoms with Gasteiger partial charge in [-0.15, -0.1) is 0 Å². The van der Waals surface area contributed by atoms with Gasteiger partial charge in [-0.25, -0.2) is 5.06 Å². The van der Waals surface area contributed by atoms with E-state index in [0.29, 0.717) is 6.41 Å². The third kappa shape index (κ3) is 3.85. The molecule has 1 atom stereocenters. The van der Waals surface area contributed by atoms with Crippen molar-refractivity contribution >= 4 is 12.4 Å². The molecule has 1 N–H and O–H groups in total. The van der Waals surface area contributed by atoms with Gasteiger partial charge in [0, 0.05) is 0 Å². The minimum absolute atomic E-state index is 0.0728. The molecule has 1 aromatic rings. The number of hydroxylamine groups is 2. The van der Waals surface area contributed by atoms with Gasteiger partial charge in [-0.2, -0.15) is 0 Å². The van der Waals surface area contributed by atoms with E-state index in [0.717, 1.165) is 36.3 Å². The van der Waals surface area contributed by atoms with Gasteiger partial charge < -0.3 is 5.11 Å². The Labute approximate surface area is 130 Å². The molecule has 0 bridgehead atoms. The molecular formula is C17H23NO4. The lowest BCUT2D eigenvalue weighted by Crippen LogP contribution is -2.45. The highest BCUT2D eigenvalue weighted by Crippen LogP contribution is 2.40. The first-order valence-corrected chi connectivity index (χ1v) is 7.68. The molecule has 5 heteroatoms. The van der Waals surface area contributed by atoms with E-state index in [1.807, 2.05) is 30.3 Å². The van der Waals surface area contributed by atoms with Crippen molar-refractivity contribution in [3.05, 3.63) is 35.9 Å². The smallest absolute Gasteiger partial charge is 0.311 e. The Morgan fingerprint density at radius 3 is 2.55 bits per heavy atom. The molecule has 1 aliphatic rings. The number of amides is 1. The molecule has 1 saturated carbocycles. The van der Waals surface area contributed by atoms with E-state index in [2.05, 4.69) is 0 Å². The number of benzene rings is 1. The van der Waals surface area contributed by atoms with E-state index >= 15 is 0 Å². The number of hydrogen-bond acceptors (Lipinski definition) is 3. The lowest BCUT2D eigenvalue weighted by Gasteiger charge is -2.34. The van der Waals surface area contributed by atoms with Crippen LogP contribution in [0.15, 0.2) is 30.3 Å². The molecule has 0 unspecified atom stereocenters. The summed E-state index contributed by atoms with van der Waals surface area (Å²) in [5.41, 5.74) is -0.0269. The Hall–Kier alpha value is -1.88. The molecule has 0 heterocycles. The summed E-state index contributed by atoms with van der Waals surface area (Å²) in [6.07, 6.45) is 4.47. The van der Waals surface area contributed by atoms with Gasteiger partial charge in [-0.3, -0.25) is 14.4 Å². The molecule has 0 spiro atoms. The van der Waals surface area contributed by atoms with Crippen LogP contribution in [0.25, 0.3) is 0 Å². The maximum Gasteiger partial charge on any atom is 0.311 e. The first-order chi connectivity index (χ1) is 10.6.